The molecule has 1 heterocycles. The van der Waals surface area contributed by atoms with Gasteiger partial charge < -0.3 is 15.1 Å². The van der Waals surface area contributed by atoms with E-state index in [0.717, 1.165) is 0 Å². The first-order valence-electron chi connectivity index (χ1n) is 9.76. The first kappa shape index (κ1) is 22.2. The van der Waals surface area contributed by atoms with E-state index in [1.807, 2.05) is 13.8 Å². The lowest BCUT2D eigenvalue weighted by Crippen LogP contribution is -2.47. The van der Waals surface area contributed by atoms with Crippen molar-refractivity contribution >= 4 is 27.6 Å². The Morgan fingerprint density at radius 2 is 1.64 bits per heavy atom. The Morgan fingerprint density at radius 1 is 1.07 bits per heavy atom. The van der Waals surface area contributed by atoms with Crippen LogP contribution >= 0.6 is 0 Å². The Bertz CT molecular complexity index is 768. The fourth-order valence-corrected chi connectivity index (χ4v) is 4.30. The lowest BCUT2D eigenvalue weighted by Gasteiger charge is -2.34. The van der Waals surface area contributed by atoms with Gasteiger partial charge in [0.05, 0.1) is 4.90 Å². The molecule has 3 amide bonds. The number of nitrogens with zero attached hydrogens (tertiary/aromatic N) is 2. The highest BCUT2D eigenvalue weighted by atomic mass is 32.2. The van der Waals surface area contributed by atoms with E-state index >= 15 is 0 Å². The molecule has 0 atom stereocenters. The van der Waals surface area contributed by atoms with Gasteiger partial charge in [-0.05, 0) is 51.0 Å². The quantitative estimate of drug-likeness (QED) is 0.719. The van der Waals surface area contributed by atoms with E-state index in [1.54, 1.807) is 28.9 Å². The van der Waals surface area contributed by atoms with Crippen molar-refractivity contribution in [3.8, 4) is 0 Å². The molecule has 8 nitrogen and oxygen atoms in total. The summed E-state index contributed by atoms with van der Waals surface area (Å²) < 4.78 is 26.3. The molecule has 0 saturated carbocycles. The second kappa shape index (κ2) is 9.88. The Morgan fingerprint density at radius 3 is 2.14 bits per heavy atom. The summed E-state index contributed by atoms with van der Waals surface area (Å²) in [6.45, 7) is 8.42. The van der Waals surface area contributed by atoms with Crippen LogP contribution in [0.25, 0.3) is 0 Å². The van der Waals surface area contributed by atoms with Crippen molar-refractivity contribution in [3.05, 3.63) is 24.3 Å². The summed E-state index contributed by atoms with van der Waals surface area (Å²) in [5.74, 6) is -0.261. The molecule has 2 N–H and O–H groups in total. The molecule has 9 heteroatoms. The van der Waals surface area contributed by atoms with Crippen molar-refractivity contribution in [1.82, 2.24) is 14.5 Å². The number of urea groups is 1. The third-order valence-electron chi connectivity index (χ3n) is 4.94. The highest BCUT2D eigenvalue weighted by Crippen LogP contribution is 2.21. The van der Waals surface area contributed by atoms with Crippen LogP contribution in [0.5, 0.6) is 0 Å². The molecule has 1 saturated heterocycles. The van der Waals surface area contributed by atoms with Gasteiger partial charge in [-0.3, -0.25) is 4.79 Å². The van der Waals surface area contributed by atoms with Crippen LogP contribution in [-0.4, -0.2) is 62.9 Å². The van der Waals surface area contributed by atoms with Gasteiger partial charge in [0.25, 0.3) is 0 Å². The van der Waals surface area contributed by atoms with Gasteiger partial charge in [-0.1, -0.05) is 6.92 Å². The molecule has 0 spiro atoms. The topological polar surface area (TPSA) is 98.8 Å². The van der Waals surface area contributed by atoms with Crippen molar-refractivity contribution in [2.75, 3.05) is 38.0 Å². The zero-order valence-electron chi connectivity index (χ0n) is 16.8. The predicted octanol–water partition coefficient (Wildman–Crippen LogP) is 2.10. The number of amides is 3. The van der Waals surface area contributed by atoms with E-state index in [4.69, 9.17) is 0 Å². The Kier molecular flexibility index (Phi) is 7.82. The van der Waals surface area contributed by atoms with E-state index < -0.39 is 10.0 Å². The number of piperidine rings is 1. The van der Waals surface area contributed by atoms with Crippen LogP contribution in [-0.2, 0) is 14.8 Å². The van der Waals surface area contributed by atoms with Crippen molar-refractivity contribution < 1.29 is 18.0 Å². The Balaban J connectivity index is 1.90. The lowest BCUT2D eigenvalue weighted by molar-refractivity contribution is -0.121. The SMILES string of the molecule is CCNS(=O)(=O)c1ccc(NC(=O)C2CCN(C(=O)N(CC)CC)CC2)cc1. The fraction of sp³-hybridized carbons (Fsp3) is 0.579. The highest BCUT2D eigenvalue weighted by Gasteiger charge is 2.29. The molecule has 1 aliphatic rings. The number of carbonyl (C=O) groups is 2. The average molecular weight is 411 g/mol. The minimum Gasteiger partial charge on any atom is -0.326 e. The number of nitrogens with one attached hydrogen (secondary N) is 2. The summed E-state index contributed by atoms with van der Waals surface area (Å²) >= 11 is 0. The van der Waals surface area contributed by atoms with Gasteiger partial charge in [-0.15, -0.1) is 0 Å². The zero-order chi connectivity index (χ0) is 20.7. The number of anilines is 1. The Hall–Kier alpha value is -2.13. The third kappa shape index (κ3) is 5.45. The van der Waals surface area contributed by atoms with E-state index in [1.165, 1.54) is 12.1 Å². The largest absolute Gasteiger partial charge is 0.326 e. The highest BCUT2D eigenvalue weighted by molar-refractivity contribution is 7.89. The molecule has 1 fully saturated rings. The molecule has 0 unspecified atom stereocenters. The van der Waals surface area contributed by atoms with Crippen LogP contribution in [0, 0.1) is 5.92 Å². The summed E-state index contributed by atoms with van der Waals surface area (Å²) in [4.78, 5) is 28.6. The van der Waals surface area contributed by atoms with Gasteiger partial charge in [-0.25, -0.2) is 17.9 Å². The third-order valence-corrected chi connectivity index (χ3v) is 6.50. The minimum atomic E-state index is -3.51. The summed E-state index contributed by atoms with van der Waals surface area (Å²) in [7, 11) is -3.51. The maximum atomic E-state index is 12.5. The fourth-order valence-electron chi connectivity index (χ4n) is 3.26. The van der Waals surface area contributed by atoms with Gasteiger partial charge in [-0.2, -0.15) is 0 Å². The lowest BCUT2D eigenvalue weighted by atomic mass is 9.96. The maximum absolute atomic E-state index is 12.5. The second-order valence-corrected chi connectivity index (χ2v) is 8.50. The van der Waals surface area contributed by atoms with Gasteiger partial charge in [0.2, 0.25) is 15.9 Å². The molecular weight excluding hydrogens is 380 g/mol. The molecule has 0 aromatic heterocycles. The van der Waals surface area contributed by atoms with Crippen LogP contribution in [0.3, 0.4) is 0 Å². The van der Waals surface area contributed by atoms with Gasteiger partial charge in [0.15, 0.2) is 0 Å². The number of rotatable bonds is 7. The predicted molar refractivity (Wildman–Crippen MR) is 109 cm³/mol. The van der Waals surface area contributed by atoms with Crippen molar-refractivity contribution in [2.24, 2.45) is 5.92 Å². The van der Waals surface area contributed by atoms with E-state index in [0.29, 0.717) is 51.3 Å². The molecule has 0 bridgehead atoms. The van der Waals surface area contributed by atoms with Crippen LogP contribution in [0.4, 0.5) is 10.5 Å². The molecule has 156 valence electrons. The number of hydrogen-bond acceptors (Lipinski definition) is 4. The maximum Gasteiger partial charge on any atom is 0.319 e. The van der Waals surface area contributed by atoms with Crippen LogP contribution in [0.2, 0.25) is 0 Å². The molecule has 2 rings (SSSR count). The van der Waals surface area contributed by atoms with Gasteiger partial charge in [0, 0.05) is 44.3 Å². The van der Waals surface area contributed by atoms with E-state index in [2.05, 4.69) is 10.0 Å². The number of benzene rings is 1. The van der Waals surface area contributed by atoms with Gasteiger partial charge in [0.1, 0.15) is 0 Å². The standard InChI is InChI=1S/C19H30N4O4S/c1-4-20-28(26,27)17-9-7-16(8-10-17)21-18(24)15-11-13-23(14-12-15)19(25)22(5-2)6-3/h7-10,15,20H,4-6,11-14H2,1-3H3,(H,21,24). The first-order chi connectivity index (χ1) is 13.3. The number of sulfonamides is 1. The number of likely N-dealkylation sites (tertiary alicyclic amines) is 1. The van der Waals surface area contributed by atoms with Crippen molar-refractivity contribution in [3.63, 3.8) is 0 Å². The summed E-state index contributed by atoms with van der Waals surface area (Å²) in [6.07, 6.45) is 1.23. The smallest absolute Gasteiger partial charge is 0.319 e. The normalized spacial score (nSPS) is 15.3. The number of hydrogen-bond donors (Lipinski definition) is 2. The van der Waals surface area contributed by atoms with E-state index in [9.17, 15) is 18.0 Å². The molecule has 28 heavy (non-hydrogen) atoms. The number of carbonyl (C=O) groups excluding carboxylic acids is 2. The Labute approximate surface area is 167 Å². The molecular formula is C19H30N4O4S. The monoisotopic (exact) mass is 410 g/mol. The van der Waals surface area contributed by atoms with Crippen LogP contribution in [0.1, 0.15) is 33.6 Å². The average Bonchev–Trinajstić information content (AvgIpc) is 2.69. The van der Waals surface area contributed by atoms with Crippen LogP contribution in [0.15, 0.2) is 29.2 Å². The molecule has 1 aliphatic heterocycles. The molecule has 0 radical (unpaired) electrons. The van der Waals surface area contributed by atoms with Crippen LogP contribution < -0.4 is 10.0 Å². The molecule has 1 aromatic carbocycles. The molecule has 1 aromatic rings. The van der Waals surface area contributed by atoms with Gasteiger partial charge >= 0.3 is 6.03 Å². The molecule has 0 aliphatic carbocycles. The second-order valence-electron chi connectivity index (χ2n) is 6.73. The van der Waals surface area contributed by atoms with Crippen molar-refractivity contribution in [1.29, 1.82) is 0 Å². The van der Waals surface area contributed by atoms with E-state index in [-0.39, 0.29) is 22.8 Å². The summed E-state index contributed by atoms with van der Waals surface area (Å²) in [5.41, 5.74) is 0.557. The first-order valence-corrected chi connectivity index (χ1v) is 11.2. The summed E-state index contributed by atoms with van der Waals surface area (Å²) in [5, 5.41) is 2.84. The zero-order valence-corrected chi connectivity index (χ0v) is 17.6. The minimum absolute atomic E-state index is 0.0290. The summed E-state index contributed by atoms with van der Waals surface area (Å²) in [6, 6.07) is 6.14. The van der Waals surface area contributed by atoms with Crippen molar-refractivity contribution in [2.45, 2.75) is 38.5 Å².